The lowest BCUT2D eigenvalue weighted by Crippen LogP contribution is -2.05. The zero-order valence-electron chi connectivity index (χ0n) is 27.0. The molecule has 0 atom stereocenters. The predicted molar refractivity (Wildman–Crippen MR) is 205 cm³/mol. The Morgan fingerprint density at radius 1 is 0.280 bits per heavy atom. The van der Waals surface area contributed by atoms with E-state index in [9.17, 15) is 0 Å². The first kappa shape index (κ1) is 28.2. The summed E-state index contributed by atoms with van der Waals surface area (Å²) in [6.07, 6.45) is 0. The van der Waals surface area contributed by atoms with E-state index in [1.165, 1.54) is 21.5 Å². The van der Waals surface area contributed by atoms with Gasteiger partial charge >= 0.3 is 0 Å². The van der Waals surface area contributed by atoms with Crippen LogP contribution in [0.3, 0.4) is 0 Å². The fourth-order valence-corrected chi connectivity index (χ4v) is 7.41. The van der Waals surface area contributed by atoms with Crippen molar-refractivity contribution in [2.45, 2.75) is 0 Å². The summed E-state index contributed by atoms with van der Waals surface area (Å²) in [6.45, 7) is 0. The Morgan fingerprint density at radius 3 is 1.02 bits per heavy atom. The average Bonchev–Trinajstić information content (AvgIpc) is 3.71. The molecule has 5 nitrogen and oxygen atoms in total. The Balaban J connectivity index is 1.25. The lowest BCUT2D eigenvalue weighted by Gasteiger charge is -2.16. The number of aromatic nitrogens is 5. The molecule has 234 valence electrons. The van der Waals surface area contributed by atoms with Gasteiger partial charge in [0, 0.05) is 38.2 Å². The van der Waals surface area contributed by atoms with Crippen LogP contribution in [0.1, 0.15) is 0 Å². The molecule has 7 aromatic carbocycles. The molecule has 3 heterocycles. The number of hydrogen-bond donors (Lipinski definition) is 0. The highest BCUT2D eigenvalue weighted by molar-refractivity contribution is 6.10. The van der Waals surface area contributed by atoms with Crippen LogP contribution < -0.4 is 0 Å². The van der Waals surface area contributed by atoms with Crippen molar-refractivity contribution in [3.63, 3.8) is 0 Å². The third-order valence-electron chi connectivity index (χ3n) is 9.60. The zero-order valence-corrected chi connectivity index (χ0v) is 27.0. The molecule has 0 N–H and O–H groups in total. The lowest BCUT2D eigenvalue weighted by atomic mass is 10.1. The number of benzene rings is 7. The maximum absolute atomic E-state index is 5.31. The molecular formula is C45H29N5. The number of rotatable bonds is 5. The second-order valence-electron chi connectivity index (χ2n) is 12.4. The normalized spacial score (nSPS) is 11.6. The van der Waals surface area contributed by atoms with Crippen molar-refractivity contribution in [3.05, 3.63) is 176 Å². The highest BCUT2D eigenvalue weighted by Gasteiger charge is 2.21. The molecule has 0 unspecified atom stereocenters. The molecule has 0 fully saturated rings. The molecule has 0 radical (unpaired) electrons. The Kier molecular flexibility index (Phi) is 6.42. The second kappa shape index (κ2) is 11.4. The van der Waals surface area contributed by atoms with Gasteiger partial charge in [-0.05, 0) is 48.5 Å². The molecule has 50 heavy (non-hydrogen) atoms. The van der Waals surface area contributed by atoms with Crippen LogP contribution in [-0.4, -0.2) is 24.1 Å². The van der Waals surface area contributed by atoms with E-state index in [0.717, 1.165) is 50.1 Å². The molecule has 5 heteroatoms. The van der Waals surface area contributed by atoms with E-state index in [0.29, 0.717) is 17.5 Å². The van der Waals surface area contributed by atoms with E-state index in [1.54, 1.807) is 0 Å². The Labute approximate surface area is 288 Å². The Hall–Kier alpha value is -6.85. The van der Waals surface area contributed by atoms with Gasteiger partial charge in [0.25, 0.3) is 0 Å². The van der Waals surface area contributed by atoms with Gasteiger partial charge in [-0.3, -0.25) is 0 Å². The first-order valence-corrected chi connectivity index (χ1v) is 16.8. The monoisotopic (exact) mass is 639 g/mol. The van der Waals surface area contributed by atoms with Gasteiger partial charge in [0.05, 0.1) is 33.4 Å². The van der Waals surface area contributed by atoms with E-state index in [-0.39, 0.29) is 0 Å². The van der Waals surface area contributed by atoms with Gasteiger partial charge in [0.2, 0.25) is 0 Å². The van der Waals surface area contributed by atoms with Crippen molar-refractivity contribution < 1.29 is 0 Å². The molecule has 0 saturated heterocycles. The number of hydrogen-bond acceptors (Lipinski definition) is 3. The molecule has 0 amide bonds. The highest BCUT2D eigenvalue weighted by Crippen LogP contribution is 2.38. The summed E-state index contributed by atoms with van der Waals surface area (Å²) in [5.41, 5.74) is 9.34. The number of fused-ring (bicyclic) bond motifs is 6. The van der Waals surface area contributed by atoms with E-state index in [2.05, 4.69) is 167 Å². The molecule has 10 rings (SSSR count). The first-order valence-electron chi connectivity index (χ1n) is 16.8. The SMILES string of the molecule is c1ccc(-c2nc(-c3ccccc3-n3c4ccccc4c4ccccc43)nc(-c3ccccc3-n3c4ccccc4c4ccccc43)n2)cc1. The van der Waals surface area contributed by atoms with Crippen molar-refractivity contribution >= 4 is 43.6 Å². The summed E-state index contributed by atoms with van der Waals surface area (Å²) in [5, 5.41) is 4.83. The fraction of sp³-hybridized carbons (Fsp3) is 0. The minimum absolute atomic E-state index is 0.614. The van der Waals surface area contributed by atoms with Gasteiger partial charge in [0.15, 0.2) is 17.5 Å². The van der Waals surface area contributed by atoms with E-state index in [1.807, 2.05) is 18.2 Å². The molecule has 0 bridgehead atoms. The lowest BCUT2D eigenvalue weighted by molar-refractivity contribution is 1.06. The average molecular weight is 640 g/mol. The standard InChI is InChI=1S/C45H29N5/c1-2-16-30(17-3-1)43-46-44(35-22-8-14-28-41(35)49-37-24-10-4-18-31(37)32-19-5-11-25-38(32)49)48-45(47-43)36-23-9-15-29-42(36)50-39-26-12-6-20-33(39)34-21-7-13-27-40(34)50/h1-29H. The quantitative estimate of drug-likeness (QED) is 0.188. The third kappa shape index (κ3) is 4.37. The number of para-hydroxylation sites is 6. The van der Waals surface area contributed by atoms with Crippen LogP contribution >= 0.6 is 0 Å². The molecule has 0 aliphatic heterocycles. The minimum atomic E-state index is 0.614. The van der Waals surface area contributed by atoms with Gasteiger partial charge in [-0.25, -0.2) is 15.0 Å². The van der Waals surface area contributed by atoms with Crippen molar-refractivity contribution in [1.29, 1.82) is 0 Å². The maximum atomic E-state index is 5.31. The summed E-state index contributed by atoms with van der Waals surface area (Å²) in [4.78, 5) is 15.7. The largest absolute Gasteiger partial charge is 0.309 e. The van der Waals surface area contributed by atoms with Crippen LogP contribution in [-0.2, 0) is 0 Å². The molecule has 3 aromatic heterocycles. The Bertz CT molecular complexity index is 2600. The molecule has 0 saturated carbocycles. The van der Waals surface area contributed by atoms with Crippen LogP contribution in [0.4, 0.5) is 0 Å². The molecule has 0 aliphatic rings. The maximum Gasteiger partial charge on any atom is 0.166 e. The second-order valence-corrected chi connectivity index (χ2v) is 12.4. The molecule has 0 aliphatic carbocycles. The summed E-state index contributed by atoms with van der Waals surface area (Å²) in [7, 11) is 0. The van der Waals surface area contributed by atoms with Gasteiger partial charge in [-0.2, -0.15) is 0 Å². The Morgan fingerprint density at radius 2 is 0.600 bits per heavy atom. The smallest absolute Gasteiger partial charge is 0.166 e. The summed E-state index contributed by atoms with van der Waals surface area (Å²) in [5.74, 6) is 1.85. The van der Waals surface area contributed by atoms with Crippen molar-refractivity contribution in [2.75, 3.05) is 0 Å². The summed E-state index contributed by atoms with van der Waals surface area (Å²) >= 11 is 0. The molecular weight excluding hydrogens is 611 g/mol. The van der Waals surface area contributed by atoms with Crippen LogP contribution in [0, 0.1) is 0 Å². The molecule has 0 spiro atoms. The topological polar surface area (TPSA) is 48.5 Å². The van der Waals surface area contributed by atoms with Gasteiger partial charge in [0.1, 0.15) is 0 Å². The van der Waals surface area contributed by atoms with E-state index < -0.39 is 0 Å². The molecule has 10 aromatic rings. The minimum Gasteiger partial charge on any atom is -0.309 e. The van der Waals surface area contributed by atoms with E-state index >= 15 is 0 Å². The fourth-order valence-electron chi connectivity index (χ4n) is 7.41. The highest BCUT2D eigenvalue weighted by atomic mass is 15.1. The van der Waals surface area contributed by atoms with Crippen molar-refractivity contribution in [3.8, 4) is 45.5 Å². The van der Waals surface area contributed by atoms with Crippen molar-refractivity contribution in [2.24, 2.45) is 0 Å². The number of nitrogens with zero attached hydrogens (tertiary/aromatic N) is 5. The third-order valence-corrected chi connectivity index (χ3v) is 9.60. The van der Waals surface area contributed by atoms with Crippen LogP contribution in [0.25, 0.3) is 89.2 Å². The summed E-state index contributed by atoms with van der Waals surface area (Å²) < 4.78 is 4.66. The summed E-state index contributed by atoms with van der Waals surface area (Å²) in [6, 6.07) is 61.3. The van der Waals surface area contributed by atoms with Gasteiger partial charge in [-0.1, -0.05) is 127 Å². The van der Waals surface area contributed by atoms with Crippen LogP contribution in [0.2, 0.25) is 0 Å². The zero-order chi connectivity index (χ0) is 33.0. The van der Waals surface area contributed by atoms with Crippen LogP contribution in [0.5, 0.6) is 0 Å². The first-order chi connectivity index (χ1) is 24.8. The predicted octanol–water partition coefficient (Wildman–Crippen LogP) is 11.1. The van der Waals surface area contributed by atoms with Crippen LogP contribution in [0.15, 0.2) is 176 Å². The van der Waals surface area contributed by atoms with Crippen molar-refractivity contribution in [1.82, 2.24) is 24.1 Å². The van der Waals surface area contributed by atoms with Gasteiger partial charge < -0.3 is 9.13 Å². The van der Waals surface area contributed by atoms with Gasteiger partial charge in [-0.15, -0.1) is 0 Å². The van der Waals surface area contributed by atoms with E-state index in [4.69, 9.17) is 15.0 Å².